The Kier molecular flexibility index (Phi) is 12.2. The number of hydrogen-bond acceptors (Lipinski definition) is 8. The maximum Gasteiger partial charge on any atom is 0.410 e. The fraction of sp³-hybridized carbons (Fsp3) is 0.444. The van der Waals surface area contributed by atoms with Crippen molar-refractivity contribution in [3.8, 4) is 0 Å². The predicted octanol–water partition coefficient (Wildman–Crippen LogP) is 6.30. The average molecular weight is 635 g/mol. The molecular weight excluding hydrogens is 588 g/mol. The third-order valence-corrected chi connectivity index (χ3v) is 7.09. The van der Waals surface area contributed by atoms with Gasteiger partial charge in [-0.25, -0.2) is 9.59 Å². The number of esters is 2. The Balaban J connectivity index is 2.11. The van der Waals surface area contributed by atoms with Gasteiger partial charge in [-0.2, -0.15) is 0 Å². The summed E-state index contributed by atoms with van der Waals surface area (Å²) in [5, 5.41) is 0. The van der Waals surface area contributed by atoms with E-state index in [1.165, 1.54) is 22.0 Å². The highest BCUT2D eigenvalue weighted by molar-refractivity contribution is 5.88. The highest BCUT2D eigenvalue weighted by atomic mass is 16.6. The summed E-state index contributed by atoms with van der Waals surface area (Å²) in [6.45, 7) is 17.7. The molecule has 10 heteroatoms. The van der Waals surface area contributed by atoms with Crippen molar-refractivity contribution in [1.82, 2.24) is 9.80 Å². The third-order valence-electron chi connectivity index (χ3n) is 7.09. The van der Waals surface area contributed by atoms with Gasteiger partial charge in [-0.05, 0) is 52.7 Å². The first-order valence-electron chi connectivity index (χ1n) is 15.3. The first kappa shape index (κ1) is 35.9. The highest BCUT2D eigenvalue weighted by Crippen LogP contribution is 2.45. The molecule has 3 rings (SSSR count). The van der Waals surface area contributed by atoms with Crippen LogP contribution in [0.4, 0.5) is 9.59 Å². The van der Waals surface area contributed by atoms with Gasteiger partial charge in [0, 0.05) is 13.1 Å². The van der Waals surface area contributed by atoms with Gasteiger partial charge < -0.3 is 18.9 Å². The van der Waals surface area contributed by atoms with Gasteiger partial charge in [0.1, 0.15) is 24.4 Å². The molecule has 10 nitrogen and oxygen atoms in total. The zero-order chi connectivity index (χ0) is 34.1. The number of carbonyl (C=O) groups excluding carboxylic acids is 4. The molecule has 0 heterocycles. The molecule has 2 aromatic carbocycles. The van der Waals surface area contributed by atoms with Gasteiger partial charge in [0.05, 0.1) is 23.9 Å². The largest absolute Gasteiger partial charge is 0.461 e. The number of hydrogen-bond donors (Lipinski definition) is 0. The zero-order valence-electron chi connectivity index (χ0n) is 27.6. The summed E-state index contributed by atoms with van der Waals surface area (Å²) in [4.78, 5) is 57.9. The molecule has 0 aromatic heterocycles. The van der Waals surface area contributed by atoms with Crippen molar-refractivity contribution in [2.45, 2.75) is 78.0 Å². The van der Waals surface area contributed by atoms with Crippen molar-refractivity contribution in [2.75, 3.05) is 13.1 Å². The summed E-state index contributed by atoms with van der Waals surface area (Å²) in [7, 11) is 0. The monoisotopic (exact) mass is 634 g/mol. The van der Waals surface area contributed by atoms with E-state index in [1.54, 1.807) is 65.8 Å². The average Bonchev–Trinajstić information content (AvgIpc) is 2.97. The fourth-order valence-corrected chi connectivity index (χ4v) is 5.24. The van der Waals surface area contributed by atoms with Crippen molar-refractivity contribution in [3.63, 3.8) is 0 Å². The SMILES string of the molecule is C=CCN(C(=O)OC(C)(C)C)C1C(C(=O)OCc2ccccc2)C(C(=O)OCc2ccccc2)C1N(CC=C)C(=O)OC(C)(C)C. The molecule has 4 unspecified atom stereocenters. The second-order valence-corrected chi connectivity index (χ2v) is 13.1. The molecule has 0 spiro atoms. The summed E-state index contributed by atoms with van der Waals surface area (Å²) in [6.07, 6.45) is 1.48. The van der Waals surface area contributed by atoms with Gasteiger partial charge in [-0.15, -0.1) is 13.2 Å². The molecule has 1 saturated carbocycles. The summed E-state index contributed by atoms with van der Waals surface area (Å²) >= 11 is 0. The highest BCUT2D eigenvalue weighted by Gasteiger charge is 2.65. The van der Waals surface area contributed by atoms with Crippen molar-refractivity contribution in [2.24, 2.45) is 11.8 Å². The summed E-state index contributed by atoms with van der Waals surface area (Å²) in [5.74, 6) is -3.88. The minimum atomic E-state index is -1.21. The second kappa shape index (κ2) is 15.6. The van der Waals surface area contributed by atoms with Gasteiger partial charge >= 0.3 is 24.1 Å². The molecule has 46 heavy (non-hydrogen) atoms. The first-order chi connectivity index (χ1) is 21.7. The number of rotatable bonds is 12. The molecule has 0 bridgehead atoms. The predicted molar refractivity (Wildman–Crippen MR) is 173 cm³/mol. The van der Waals surface area contributed by atoms with Gasteiger partial charge in [0.25, 0.3) is 0 Å². The van der Waals surface area contributed by atoms with Crippen LogP contribution in [0.25, 0.3) is 0 Å². The molecule has 1 aliphatic rings. The Hall–Kier alpha value is -4.60. The lowest BCUT2D eigenvalue weighted by Crippen LogP contribution is -2.74. The number of benzene rings is 2. The Labute approximate surface area is 271 Å². The van der Waals surface area contributed by atoms with Crippen LogP contribution in [0.15, 0.2) is 86.0 Å². The maximum absolute atomic E-state index is 13.9. The van der Waals surface area contributed by atoms with E-state index in [0.717, 1.165) is 11.1 Å². The van der Waals surface area contributed by atoms with E-state index in [4.69, 9.17) is 18.9 Å². The lowest BCUT2D eigenvalue weighted by atomic mass is 9.63. The van der Waals surface area contributed by atoms with Gasteiger partial charge in [-0.3, -0.25) is 19.4 Å². The van der Waals surface area contributed by atoms with Gasteiger partial charge in [0.2, 0.25) is 0 Å². The van der Waals surface area contributed by atoms with Crippen LogP contribution in [0.1, 0.15) is 52.7 Å². The van der Waals surface area contributed by atoms with Gasteiger partial charge in [-0.1, -0.05) is 72.8 Å². The molecule has 2 aromatic rings. The van der Waals surface area contributed by atoms with E-state index < -0.39 is 59.2 Å². The van der Waals surface area contributed by atoms with Crippen LogP contribution in [0, 0.1) is 11.8 Å². The Morgan fingerprint density at radius 3 is 1.24 bits per heavy atom. The van der Waals surface area contributed by atoms with Crippen LogP contribution < -0.4 is 0 Å². The van der Waals surface area contributed by atoms with Crippen LogP contribution >= 0.6 is 0 Å². The van der Waals surface area contributed by atoms with Crippen LogP contribution in [-0.2, 0) is 41.8 Å². The summed E-state index contributed by atoms with van der Waals surface area (Å²) in [6, 6.07) is 16.1. The van der Waals surface area contributed by atoms with Crippen LogP contribution in [0.5, 0.6) is 0 Å². The quantitative estimate of drug-likeness (QED) is 0.152. The Morgan fingerprint density at radius 2 is 0.957 bits per heavy atom. The second-order valence-electron chi connectivity index (χ2n) is 13.1. The Bertz CT molecular complexity index is 1260. The third kappa shape index (κ3) is 9.70. The summed E-state index contributed by atoms with van der Waals surface area (Å²) < 4.78 is 22.9. The van der Waals surface area contributed by atoms with E-state index in [-0.39, 0.29) is 26.3 Å². The van der Waals surface area contributed by atoms with Crippen molar-refractivity contribution >= 4 is 24.1 Å². The molecule has 0 aliphatic heterocycles. The minimum absolute atomic E-state index is 0.0411. The normalized spacial score (nSPS) is 19.1. The van der Waals surface area contributed by atoms with Gasteiger partial charge in [0.15, 0.2) is 0 Å². The fourth-order valence-electron chi connectivity index (χ4n) is 5.24. The van der Waals surface area contributed by atoms with Crippen LogP contribution in [0.2, 0.25) is 0 Å². The van der Waals surface area contributed by atoms with E-state index in [1.807, 2.05) is 36.4 Å². The van der Waals surface area contributed by atoms with Crippen LogP contribution in [0.3, 0.4) is 0 Å². The number of nitrogens with zero attached hydrogens (tertiary/aromatic N) is 2. The van der Waals surface area contributed by atoms with E-state index in [2.05, 4.69) is 13.2 Å². The summed E-state index contributed by atoms with van der Waals surface area (Å²) in [5.41, 5.74) is -0.273. The number of carbonyl (C=O) groups is 4. The molecule has 0 radical (unpaired) electrons. The molecule has 4 atom stereocenters. The maximum atomic E-state index is 13.9. The molecular formula is C36H46N2O8. The van der Waals surface area contributed by atoms with Crippen LogP contribution in [-0.4, -0.2) is 70.3 Å². The van der Waals surface area contributed by atoms with Crippen molar-refractivity contribution < 1.29 is 38.1 Å². The van der Waals surface area contributed by atoms with E-state index >= 15 is 0 Å². The molecule has 0 N–H and O–H groups in total. The molecule has 2 amide bonds. The standard InChI is InChI=1S/C36H46N2O8/c1-9-21-37(33(41)45-35(3,4)5)29-27(31(39)43-23-25-17-13-11-14-18-25)28(32(40)44-24-26-19-15-12-16-20-26)30(29)38(22-10-2)34(42)46-36(6,7)8/h9-20,27-30H,1-2,21-24H2,3-8H3. The van der Waals surface area contributed by atoms with Crippen molar-refractivity contribution in [3.05, 3.63) is 97.1 Å². The smallest absolute Gasteiger partial charge is 0.410 e. The topological polar surface area (TPSA) is 112 Å². The number of amides is 2. The van der Waals surface area contributed by atoms with E-state index in [9.17, 15) is 19.2 Å². The lowest BCUT2D eigenvalue weighted by molar-refractivity contribution is -0.186. The Morgan fingerprint density at radius 1 is 0.630 bits per heavy atom. The first-order valence-corrected chi connectivity index (χ1v) is 15.3. The molecule has 1 fully saturated rings. The number of ether oxygens (including phenoxy) is 4. The zero-order valence-corrected chi connectivity index (χ0v) is 27.6. The molecule has 0 saturated heterocycles. The van der Waals surface area contributed by atoms with E-state index in [0.29, 0.717) is 0 Å². The van der Waals surface area contributed by atoms with Crippen molar-refractivity contribution in [1.29, 1.82) is 0 Å². The minimum Gasteiger partial charge on any atom is -0.461 e. The molecule has 248 valence electrons. The lowest BCUT2D eigenvalue weighted by Gasteiger charge is -2.55. The molecule has 1 aliphatic carbocycles.